The second-order valence-corrected chi connectivity index (χ2v) is 21.9. The second kappa shape index (κ2) is 6.77. The summed E-state index contributed by atoms with van der Waals surface area (Å²) in [5.74, 6) is 0. The Bertz CT molecular complexity index is 1350. The first kappa shape index (κ1) is 19.7. The van der Waals surface area contributed by atoms with Crippen LogP contribution in [0.5, 0.6) is 0 Å². The standard InChI is InChI=1S/2C13H9.C2H4.2ClH.Ti/c2*1-3-7-12-10(5-1)9-11-6-2-4-8-13(11)12;1-2;;;/h2*1-5,7-8H,9H2;1H,2H3;2*1H;/q;;;;;+2/p-2. The van der Waals surface area contributed by atoms with Crippen molar-refractivity contribution in [2.75, 3.05) is 0 Å². The molecule has 0 spiro atoms. The molecule has 0 radical (unpaired) electrons. The molecule has 2 aliphatic carbocycles. The maximum atomic E-state index is 7.78. The summed E-state index contributed by atoms with van der Waals surface area (Å²) in [5.41, 5.74) is 10.5. The van der Waals surface area contributed by atoms with Crippen LogP contribution in [-0.2, 0) is 25.6 Å². The van der Waals surface area contributed by atoms with Gasteiger partial charge in [0.1, 0.15) is 0 Å². The normalized spacial score (nSPS) is 13.9. The molecule has 0 aliphatic heterocycles. The van der Waals surface area contributed by atoms with Crippen LogP contribution in [0.4, 0.5) is 0 Å². The van der Waals surface area contributed by atoms with Gasteiger partial charge in [0.2, 0.25) is 0 Å². The summed E-state index contributed by atoms with van der Waals surface area (Å²) in [6.07, 6.45) is 1.78. The van der Waals surface area contributed by atoms with Crippen molar-refractivity contribution in [3.8, 4) is 22.3 Å². The third-order valence-corrected chi connectivity index (χ3v) is 18.5. The molecule has 0 aromatic heterocycles. The summed E-state index contributed by atoms with van der Waals surface area (Å²) < 4.78 is 4.46. The Hall–Kier alpha value is -1.96. The van der Waals surface area contributed by atoms with E-state index in [-0.39, 0.29) is 0 Å². The number of hydrogen-bond acceptors (Lipinski definition) is 0. The molecule has 6 rings (SSSR count). The van der Waals surface area contributed by atoms with Gasteiger partial charge in [-0.1, -0.05) is 0 Å². The summed E-state index contributed by atoms with van der Waals surface area (Å²) in [4.78, 5) is 0. The summed E-state index contributed by atoms with van der Waals surface area (Å²) in [6.45, 7) is 2.06. The molecule has 0 nitrogen and oxygen atoms in total. The van der Waals surface area contributed by atoms with E-state index in [1.165, 1.54) is 44.5 Å². The van der Waals surface area contributed by atoms with E-state index in [2.05, 4.69) is 96.2 Å². The van der Waals surface area contributed by atoms with E-state index in [1.54, 1.807) is 0 Å². The van der Waals surface area contributed by atoms with Gasteiger partial charge in [0, 0.05) is 0 Å². The topological polar surface area (TPSA) is 0 Å². The molecule has 0 bridgehead atoms. The molecule has 0 N–H and O–H groups in total. The van der Waals surface area contributed by atoms with Crippen molar-refractivity contribution in [2.24, 2.45) is 0 Å². The fourth-order valence-electron chi connectivity index (χ4n) is 5.63. The molecule has 152 valence electrons. The van der Waals surface area contributed by atoms with Crippen LogP contribution in [0.2, 0.25) is 0 Å². The van der Waals surface area contributed by atoms with E-state index in [0.29, 0.717) is 0 Å². The molecule has 4 aromatic carbocycles. The molecule has 0 heterocycles. The fraction of sp³-hybridized carbons (Fsp3) is 0.107. The Kier molecular flexibility index (Phi) is 4.30. The van der Waals surface area contributed by atoms with Gasteiger partial charge in [-0.25, -0.2) is 0 Å². The van der Waals surface area contributed by atoms with Crippen molar-refractivity contribution in [3.63, 3.8) is 0 Å². The van der Waals surface area contributed by atoms with Crippen LogP contribution in [0.1, 0.15) is 29.2 Å². The molecule has 0 fully saturated rings. The van der Waals surface area contributed by atoms with Gasteiger partial charge in [0.15, 0.2) is 0 Å². The van der Waals surface area contributed by atoms with E-state index >= 15 is 0 Å². The summed E-state index contributed by atoms with van der Waals surface area (Å²) in [5, 5.41) is 0. The SMILES string of the molecule is C[CH]=[Ti]([Cl])([Cl])([c]1cccc2c1Cc1ccccc1-2)[c]1cccc2c1Cc1ccccc1-2. The predicted octanol–water partition coefficient (Wildman–Crippen LogP) is 6.60. The van der Waals surface area contributed by atoms with Crippen LogP contribution in [0, 0.1) is 0 Å². The van der Waals surface area contributed by atoms with Crippen molar-refractivity contribution in [1.29, 1.82) is 0 Å². The van der Waals surface area contributed by atoms with E-state index in [4.69, 9.17) is 18.6 Å². The van der Waals surface area contributed by atoms with Gasteiger partial charge in [-0.2, -0.15) is 0 Å². The van der Waals surface area contributed by atoms with Crippen molar-refractivity contribution >= 4 is 30.7 Å². The van der Waals surface area contributed by atoms with Crippen molar-refractivity contribution < 1.29 is 12.7 Å². The van der Waals surface area contributed by atoms with Gasteiger partial charge in [0.25, 0.3) is 0 Å². The average Bonchev–Trinajstić information content (AvgIpc) is 3.37. The maximum absolute atomic E-state index is 7.78. The predicted molar refractivity (Wildman–Crippen MR) is 132 cm³/mol. The molecule has 0 amide bonds. The molecule has 0 atom stereocenters. The van der Waals surface area contributed by atoms with Gasteiger partial charge < -0.3 is 0 Å². The Morgan fingerprint density at radius 3 is 1.45 bits per heavy atom. The molecule has 0 saturated carbocycles. The molecular formula is C28H22Cl2Ti. The molecule has 3 heteroatoms. The van der Waals surface area contributed by atoms with Crippen LogP contribution in [0.15, 0.2) is 84.9 Å². The van der Waals surface area contributed by atoms with Crippen LogP contribution in [-0.4, -0.2) is 4.31 Å². The number of benzene rings is 4. The zero-order valence-electron chi connectivity index (χ0n) is 17.3. The third-order valence-electron chi connectivity index (χ3n) is 7.20. The van der Waals surface area contributed by atoms with E-state index in [9.17, 15) is 0 Å². The Morgan fingerprint density at radius 2 is 1.00 bits per heavy atom. The van der Waals surface area contributed by atoms with Gasteiger partial charge >= 0.3 is 193 Å². The van der Waals surface area contributed by atoms with Crippen molar-refractivity contribution in [1.82, 2.24) is 0 Å². The van der Waals surface area contributed by atoms with E-state index in [1.807, 2.05) is 0 Å². The molecule has 2 aliphatic rings. The Labute approximate surface area is 191 Å². The van der Waals surface area contributed by atoms with Crippen molar-refractivity contribution in [3.05, 3.63) is 107 Å². The van der Waals surface area contributed by atoms with Crippen LogP contribution < -0.4 is 7.74 Å². The quantitative estimate of drug-likeness (QED) is 0.247. The Balaban J connectivity index is 1.63. The van der Waals surface area contributed by atoms with Gasteiger partial charge in [-0.15, -0.1) is 0 Å². The van der Waals surface area contributed by atoms with E-state index < -0.39 is 12.7 Å². The van der Waals surface area contributed by atoms with Gasteiger partial charge in [0.05, 0.1) is 0 Å². The minimum absolute atomic E-state index is 0.892. The van der Waals surface area contributed by atoms with Crippen LogP contribution in [0.25, 0.3) is 22.3 Å². The number of rotatable bonds is 2. The molecular weight excluding hydrogens is 455 g/mol. The number of halogens is 2. The summed E-state index contributed by atoms with van der Waals surface area (Å²) in [7, 11) is 15.6. The monoisotopic (exact) mass is 476 g/mol. The van der Waals surface area contributed by atoms with Crippen LogP contribution >= 0.6 is 18.6 Å². The average molecular weight is 477 g/mol. The molecule has 0 saturated heterocycles. The van der Waals surface area contributed by atoms with Crippen molar-refractivity contribution in [2.45, 2.75) is 19.8 Å². The number of hydrogen-bond donors (Lipinski definition) is 0. The van der Waals surface area contributed by atoms with Crippen LogP contribution in [0.3, 0.4) is 0 Å². The Morgan fingerprint density at radius 1 is 0.581 bits per heavy atom. The second-order valence-electron chi connectivity index (χ2n) is 8.70. The first-order valence-corrected chi connectivity index (χ1v) is 17.6. The first-order valence-electron chi connectivity index (χ1n) is 10.8. The van der Waals surface area contributed by atoms with Gasteiger partial charge in [-0.05, 0) is 0 Å². The molecule has 31 heavy (non-hydrogen) atoms. The van der Waals surface area contributed by atoms with Gasteiger partial charge in [-0.3, -0.25) is 0 Å². The van der Waals surface area contributed by atoms with E-state index in [0.717, 1.165) is 20.6 Å². The minimum atomic E-state index is -4.44. The fourth-order valence-corrected chi connectivity index (χ4v) is 13.7. The number of fused-ring (bicyclic) bond motifs is 6. The summed E-state index contributed by atoms with van der Waals surface area (Å²) in [6, 6.07) is 30.4. The zero-order chi connectivity index (χ0) is 21.2. The molecule has 4 aromatic rings. The molecule has 0 unspecified atom stereocenters. The zero-order valence-corrected chi connectivity index (χ0v) is 20.4. The summed E-state index contributed by atoms with van der Waals surface area (Å²) >= 11 is -4.44. The third kappa shape index (κ3) is 2.69. The first-order chi connectivity index (χ1) is 15.0.